The van der Waals surface area contributed by atoms with E-state index in [9.17, 15) is 9.59 Å². The van der Waals surface area contributed by atoms with Gasteiger partial charge in [0.15, 0.2) is 0 Å². The Hall–Kier alpha value is -0.0600. The predicted molar refractivity (Wildman–Crippen MR) is 168 cm³/mol. The molecule has 0 amide bonds. The van der Waals surface area contributed by atoms with Crippen LogP contribution in [-0.2, 0) is 19.1 Å². The van der Waals surface area contributed by atoms with E-state index >= 15 is 0 Å². The number of rotatable bonds is 28. The van der Waals surface area contributed by atoms with E-state index in [2.05, 4.69) is 41.5 Å². The summed E-state index contributed by atoms with van der Waals surface area (Å²) in [5.74, 6) is -0.855. The number of carbonyl (C=O) groups is 2. The normalized spacial score (nSPS) is 14.2. The van der Waals surface area contributed by atoms with Gasteiger partial charge in [-0.3, -0.25) is 9.59 Å². The predicted octanol–water partition coefficient (Wildman–Crippen LogP) is 8.54. The molecule has 0 radical (unpaired) electrons. The van der Waals surface area contributed by atoms with Crippen LogP contribution in [0.2, 0.25) is 0 Å². The SMILES string of the molecule is CCCCCCCCCCC(C)(CCCC)OC(=O)CC(=O)OC(C)(CCCC)CCCCCCCCCC.[H-].[Na+]. The fourth-order valence-electron chi connectivity index (χ4n) is 5.56. The maximum atomic E-state index is 12.9. The van der Waals surface area contributed by atoms with E-state index in [0.717, 1.165) is 64.2 Å². The number of esters is 2. The number of unbranched alkanes of at least 4 members (excludes halogenated alkanes) is 16. The third-order valence-corrected chi connectivity index (χ3v) is 8.25. The van der Waals surface area contributed by atoms with Crippen molar-refractivity contribution in [1.29, 1.82) is 0 Å². The van der Waals surface area contributed by atoms with Gasteiger partial charge in [0.1, 0.15) is 17.6 Å². The molecule has 0 spiro atoms. The first kappa shape index (κ1) is 42.1. The van der Waals surface area contributed by atoms with E-state index < -0.39 is 23.1 Å². The van der Waals surface area contributed by atoms with Gasteiger partial charge >= 0.3 is 41.5 Å². The first-order valence-corrected chi connectivity index (χ1v) is 17.2. The molecule has 0 saturated heterocycles. The van der Waals surface area contributed by atoms with Crippen LogP contribution in [0.5, 0.6) is 0 Å². The largest absolute Gasteiger partial charge is 1.00 e. The number of carbonyl (C=O) groups excluding carboxylic acids is 2. The molecule has 0 rings (SSSR count). The van der Waals surface area contributed by atoms with Crippen LogP contribution < -0.4 is 29.6 Å². The van der Waals surface area contributed by atoms with Gasteiger partial charge in [0.05, 0.1) is 0 Å². The fraction of sp³-hybridized carbons (Fsp3) is 0.943. The quantitative estimate of drug-likeness (QED) is 0.0405. The minimum atomic E-state index is -0.488. The van der Waals surface area contributed by atoms with Crippen molar-refractivity contribution in [1.82, 2.24) is 0 Å². The number of hydrogen-bond acceptors (Lipinski definition) is 4. The zero-order valence-corrected chi connectivity index (χ0v) is 30.3. The van der Waals surface area contributed by atoms with Crippen molar-refractivity contribution >= 4 is 11.9 Å². The topological polar surface area (TPSA) is 52.6 Å². The van der Waals surface area contributed by atoms with E-state index in [1.165, 1.54) is 89.9 Å². The van der Waals surface area contributed by atoms with E-state index in [1.807, 2.05) is 0 Å². The Morgan fingerprint density at radius 2 is 0.700 bits per heavy atom. The molecule has 234 valence electrons. The van der Waals surface area contributed by atoms with Gasteiger partial charge in [0.25, 0.3) is 0 Å². The summed E-state index contributed by atoms with van der Waals surface area (Å²) in [5, 5.41) is 0. The second-order valence-electron chi connectivity index (χ2n) is 12.7. The van der Waals surface area contributed by atoms with Crippen molar-refractivity contribution < 1.29 is 50.0 Å². The van der Waals surface area contributed by atoms with Crippen LogP contribution in [-0.4, -0.2) is 23.1 Å². The maximum Gasteiger partial charge on any atom is 1.00 e. The molecule has 4 nitrogen and oxygen atoms in total. The molecule has 0 aliphatic rings. The molecule has 0 bridgehead atoms. The molecular formula is C35H69NaO4. The first-order valence-electron chi connectivity index (χ1n) is 17.2. The first-order chi connectivity index (χ1) is 18.7. The van der Waals surface area contributed by atoms with Gasteiger partial charge in [-0.25, -0.2) is 0 Å². The van der Waals surface area contributed by atoms with Crippen molar-refractivity contribution in [2.24, 2.45) is 0 Å². The van der Waals surface area contributed by atoms with Gasteiger partial charge in [-0.05, 0) is 65.2 Å². The molecule has 0 aromatic heterocycles. The van der Waals surface area contributed by atoms with E-state index in [4.69, 9.17) is 9.47 Å². The monoisotopic (exact) mass is 577 g/mol. The summed E-state index contributed by atoms with van der Waals surface area (Å²) in [5.41, 5.74) is -0.976. The summed E-state index contributed by atoms with van der Waals surface area (Å²) in [7, 11) is 0. The van der Waals surface area contributed by atoms with Gasteiger partial charge in [-0.1, -0.05) is 130 Å². The summed E-state index contributed by atoms with van der Waals surface area (Å²) in [6.45, 7) is 12.9. The van der Waals surface area contributed by atoms with Gasteiger partial charge in [-0.15, -0.1) is 0 Å². The van der Waals surface area contributed by atoms with Crippen LogP contribution in [0.1, 0.15) is 203 Å². The molecule has 0 aromatic carbocycles. The Balaban J connectivity index is -0.00000722. The molecule has 0 N–H and O–H groups in total. The van der Waals surface area contributed by atoms with E-state index in [0.29, 0.717) is 0 Å². The van der Waals surface area contributed by atoms with Crippen LogP contribution in [0.4, 0.5) is 0 Å². The Kier molecular flexibility index (Phi) is 29.2. The van der Waals surface area contributed by atoms with E-state index in [-0.39, 0.29) is 37.4 Å². The molecule has 5 heteroatoms. The summed E-state index contributed by atoms with van der Waals surface area (Å²) in [6, 6.07) is 0. The van der Waals surface area contributed by atoms with Crippen molar-refractivity contribution in [2.75, 3.05) is 0 Å². The summed E-state index contributed by atoms with van der Waals surface area (Å²) < 4.78 is 12.0. The molecular weight excluding hydrogens is 507 g/mol. The van der Waals surface area contributed by atoms with Crippen molar-refractivity contribution in [3.05, 3.63) is 0 Å². The molecule has 0 fully saturated rings. The summed E-state index contributed by atoms with van der Waals surface area (Å²) in [6.07, 6.45) is 27.6. The Morgan fingerprint density at radius 1 is 0.450 bits per heavy atom. The minimum absolute atomic E-state index is 0. The zero-order valence-electron chi connectivity index (χ0n) is 29.3. The van der Waals surface area contributed by atoms with E-state index in [1.54, 1.807) is 0 Å². The molecule has 0 aliphatic heterocycles. The molecule has 2 atom stereocenters. The molecule has 40 heavy (non-hydrogen) atoms. The minimum Gasteiger partial charge on any atom is -1.00 e. The summed E-state index contributed by atoms with van der Waals surface area (Å²) in [4.78, 5) is 25.7. The van der Waals surface area contributed by atoms with Gasteiger partial charge < -0.3 is 10.9 Å². The van der Waals surface area contributed by atoms with Crippen molar-refractivity contribution in [3.8, 4) is 0 Å². The number of hydrogen-bond donors (Lipinski definition) is 0. The average molecular weight is 577 g/mol. The standard InChI is InChI=1S/C35H68O4.Na.H/c1-7-11-15-17-19-21-23-25-29-34(5,27-13-9-3)38-32(36)31-33(37)39-35(6,28-14-10-4)30-26-24-22-20-18-16-12-8-2;;/h7-31H2,1-6H3;;/q;+1;-1. The third kappa shape index (κ3) is 24.5. The fourth-order valence-corrected chi connectivity index (χ4v) is 5.56. The Bertz CT molecular complexity index is 553. The Labute approximate surface area is 274 Å². The van der Waals surface area contributed by atoms with Gasteiger partial charge in [0, 0.05) is 0 Å². The van der Waals surface area contributed by atoms with Crippen LogP contribution in [0.15, 0.2) is 0 Å². The van der Waals surface area contributed by atoms with Gasteiger partial charge in [-0.2, -0.15) is 0 Å². The van der Waals surface area contributed by atoms with Crippen LogP contribution in [0.3, 0.4) is 0 Å². The molecule has 0 heterocycles. The number of ether oxygens (including phenoxy) is 2. The van der Waals surface area contributed by atoms with Crippen LogP contribution in [0.25, 0.3) is 0 Å². The molecule has 2 unspecified atom stereocenters. The van der Waals surface area contributed by atoms with Crippen molar-refractivity contribution in [3.63, 3.8) is 0 Å². The van der Waals surface area contributed by atoms with Crippen molar-refractivity contribution in [2.45, 2.75) is 213 Å². The second kappa shape index (κ2) is 27.8. The van der Waals surface area contributed by atoms with Crippen LogP contribution in [0, 0.1) is 0 Å². The Morgan fingerprint density at radius 3 is 1.00 bits per heavy atom. The average Bonchev–Trinajstić information content (AvgIpc) is 2.89. The van der Waals surface area contributed by atoms with Gasteiger partial charge in [0.2, 0.25) is 0 Å². The second-order valence-corrected chi connectivity index (χ2v) is 12.7. The molecule has 0 saturated carbocycles. The smallest absolute Gasteiger partial charge is 1.00 e. The molecule has 0 aromatic rings. The summed E-state index contributed by atoms with van der Waals surface area (Å²) >= 11 is 0. The van der Waals surface area contributed by atoms with Crippen LogP contribution >= 0.6 is 0 Å². The third-order valence-electron chi connectivity index (χ3n) is 8.25. The molecule has 0 aliphatic carbocycles. The maximum absolute atomic E-state index is 12.9. The zero-order chi connectivity index (χ0) is 29.2.